The largest absolute Gasteiger partial charge is 0.380 e. The van der Waals surface area contributed by atoms with Gasteiger partial charge in [0.1, 0.15) is 5.76 Å². The van der Waals surface area contributed by atoms with E-state index in [1.54, 1.807) is 12.1 Å². The van der Waals surface area contributed by atoms with Gasteiger partial charge in [-0.15, -0.1) is 0 Å². The van der Waals surface area contributed by atoms with Gasteiger partial charge in [-0.25, -0.2) is 0 Å². The molecular formula is C14H16Cl2N2O. The van der Waals surface area contributed by atoms with E-state index >= 15 is 0 Å². The van der Waals surface area contributed by atoms with Crippen LogP contribution in [0.15, 0.2) is 22.7 Å². The van der Waals surface area contributed by atoms with Crippen molar-refractivity contribution < 1.29 is 4.52 Å². The van der Waals surface area contributed by atoms with Crippen molar-refractivity contribution in [2.24, 2.45) is 0 Å². The number of aromatic nitrogens is 1. The standard InChI is InChI=1S/C14H16Cl2N2O/c1-3-4-8(2)13-12(14(17)18-19-13)9-5-6-10(15)11(16)7-9/h5-8H,3-4H2,1-2H3,(H2,17,18). The monoisotopic (exact) mass is 298 g/mol. The number of anilines is 1. The van der Waals surface area contributed by atoms with Gasteiger partial charge in [0.25, 0.3) is 0 Å². The summed E-state index contributed by atoms with van der Waals surface area (Å²) in [5.74, 6) is 1.45. The lowest BCUT2D eigenvalue weighted by molar-refractivity contribution is 0.362. The fourth-order valence-corrected chi connectivity index (χ4v) is 2.46. The van der Waals surface area contributed by atoms with Gasteiger partial charge in [0.15, 0.2) is 5.82 Å². The summed E-state index contributed by atoms with van der Waals surface area (Å²) in [6, 6.07) is 5.41. The third kappa shape index (κ3) is 2.88. The molecule has 1 atom stereocenters. The number of nitrogens with zero attached hydrogens (tertiary/aromatic N) is 1. The third-order valence-corrected chi connectivity index (χ3v) is 3.86. The lowest BCUT2D eigenvalue weighted by Gasteiger charge is -2.09. The van der Waals surface area contributed by atoms with Crippen molar-refractivity contribution in [2.45, 2.75) is 32.6 Å². The van der Waals surface area contributed by atoms with Crippen LogP contribution in [-0.2, 0) is 0 Å². The Bertz CT molecular complexity index is 581. The summed E-state index contributed by atoms with van der Waals surface area (Å²) in [6.45, 7) is 4.24. The van der Waals surface area contributed by atoms with Crippen molar-refractivity contribution in [3.8, 4) is 11.1 Å². The molecule has 0 spiro atoms. The number of rotatable bonds is 4. The van der Waals surface area contributed by atoms with Crippen LogP contribution >= 0.6 is 23.2 Å². The van der Waals surface area contributed by atoms with Crippen LogP contribution in [0.25, 0.3) is 11.1 Å². The maximum absolute atomic E-state index is 6.05. The van der Waals surface area contributed by atoms with E-state index in [0.29, 0.717) is 15.9 Å². The van der Waals surface area contributed by atoms with E-state index in [1.165, 1.54) is 0 Å². The van der Waals surface area contributed by atoms with Gasteiger partial charge < -0.3 is 10.3 Å². The molecule has 5 heteroatoms. The summed E-state index contributed by atoms with van der Waals surface area (Å²) in [7, 11) is 0. The van der Waals surface area contributed by atoms with Crippen LogP contribution < -0.4 is 5.73 Å². The number of nitrogens with two attached hydrogens (primary N) is 1. The Balaban J connectivity index is 2.48. The molecule has 0 radical (unpaired) electrons. The number of hydrogen-bond acceptors (Lipinski definition) is 3. The maximum Gasteiger partial charge on any atom is 0.175 e. The molecule has 3 nitrogen and oxygen atoms in total. The highest BCUT2D eigenvalue weighted by Crippen LogP contribution is 2.37. The molecule has 2 rings (SSSR count). The highest BCUT2D eigenvalue weighted by molar-refractivity contribution is 6.42. The van der Waals surface area contributed by atoms with Crippen LogP contribution in [0.3, 0.4) is 0 Å². The topological polar surface area (TPSA) is 52.0 Å². The predicted molar refractivity (Wildman–Crippen MR) is 79.7 cm³/mol. The van der Waals surface area contributed by atoms with E-state index in [9.17, 15) is 0 Å². The zero-order valence-corrected chi connectivity index (χ0v) is 12.4. The van der Waals surface area contributed by atoms with Gasteiger partial charge in [-0.3, -0.25) is 0 Å². The Morgan fingerprint density at radius 1 is 1.32 bits per heavy atom. The van der Waals surface area contributed by atoms with E-state index in [4.69, 9.17) is 33.5 Å². The number of hydrogen-bond donors (Lipinski definition) is 1. The molecule has 0 amide bonds. The smallest absolute Gasteiger partial charge is 0.175 e. The van der Waals surface area contributed by atoms with Crippen LogP contribution in [0.5, 0.6) is 0 Å². The van der Waals surface area contributed by atoms with E-state index in [-0.39, 0.29) is 5.92 Å². The molecule has 0 aliphatic rings. The Labute approximate surface area is 122 Å². The fourth-order valence-electron chi connectivity index (χ4n) is 2.16. The Kier molecular flexibility index (Phi) is 4.38. The van der Waals surface area contributed by atoms with Crippen LogP contribution in [0, 0.1) is 0 Å². The van der Waals surface area contributed by atoms with Crippen molar-refractivity contribution >= 4 is 29.0 Å². The second-order valence-electron chi connectivity index (χ2n) is 4.63. The number of benzene rings is 1. The molecule has 2 N–H and O–H groups in total. The van der Waals surface area contributed by atoms with Gasteiger partial charge in [0.2, 0.25) is 0 Å². The van der Waals surface area contributed by atoms with Crippen molar-refractivity contribution in [3.05, 3.63) is 34.0 Å². The summed E-state index contributed by atoms with van der Waals surface area (Å²) >= 11 is 12.0. The van der Waals surface area contributed by atoms with Gasteiger partial charge in [0.05, 0.1) is 15.6 Å². The molecule has 1 aromatic heterocycles. The van der Waals surface area contributed by atoms with Gasteiger partial charge in [-0.2, -0.15) is 0 Å². The van der Waals surface area contributed by atoms with E-state index in [1.807, 2.05) is 6.07 Å². The summed E-state index contributed by atoms with van der Waals surface area (Å²) in [5, 5.41) is 4.89. The quantitative estimate of drug-likeness (QED) is 0.851. The van der Waals surface area contributed by atoms with Crippen LogP contribution in [-0.4, -0.2) is 5.16 Å². The second-order valence-corrected chi connectivity index (χ2v) is 5.44. The maximum atomic E-state index is 6.05. The minimum absolute atomic E-state index is 0.263. The van der Waals surface area contributed by atoms with Crippen molar-refractivity contribution in [1.82, 2.24) is 5.16 Å². The van der Waals surface area contributed by atoms with E-state index < -0.39 is 0 Å². The molecule has 1 aromatic carbocycles. The summed E-state index contributed by atoms with van der Waals surface area (Å²) in [5.41, 5.74) is 7.61. The van der Waals surface area contributed by atoms with E-state index in [0.717, 1.165) is 29.7 Å². The summed E-state index contributed by atoms with van der Waals surface area (Å²) in [6.07, 6.45) is 2.09. The van der Waals surface area contributed by atoms with Gasteiger partial charge in [0, 0.05) is 5.92 Å². The number of halogens is 2. The SMILES string of the molecule is CCCC(C)c1onc(N)c1-c1ccc(Cl)c(Cl)c1. The summed E-state index contributed by atoms with van der Waals surface area (Å²) < 4.78 is 5.38. The molecule has 0 saturated carbocycles. The molecule has 0 aliphatic heterocycles. The zero-order chi connectivity index (χ0) is 14.0. The van der Waals surface area contributed by atoms with Gasteiger partial charge >= 0.3 is 0 Å². The molecule has 0 bridgehead atoms. The zero-order valence-electron chi connectivity index (χ0n) is 10.9. The van der Waals surface area contributed by atoms with Crippen molar-refractivity contribution in [1.29, 1.82) is 0 Å². The molecule has 0 aliphatic carbocycles. The molecule has 1 heterocycles. The molecule has 102 valence electrons. The molecular weight excluding hydrogens is 283 g/mol. The fraction of sp³-hybridized carbons (Fsp3) is 0.357. The third-order valence-electron chi connectivity index (χ3n) is 3.12. The molecule has 1 unspecified atom stereocenters. The van der Waals surface area contributed by atoms with Crippen molar-refractivity contribution in [2.75, 3.05) is 5.73 Å². The lowest BCUT2D eigenvalue weighted by atomic mass is 9.96. The Morgan fingerprint density at radius 3 is 2.68 bits per heavy atom. The highest BCUT2D eigenvalue weighted by atomic mass is 35.5. The van der Waals surface area contributed by atoms with Crippen LogP contribution in [0.2, 0.25) is 10.0 Å². The summed E-state index contributed by atoms with van der Waals surface area (Å²) in [4.78, 5) is 0. The Morgan fingerprint density at radius 2 is 2.05 bits per heavy atom. The average Bonchev–Trinajstić information content (AvgIpc) is 2.75. The average molecular weight is 299 g/mol. The molecule has 2 aromatic rings. The molecule has 0 fully saturated rings. The van der Waals surface area contributed by atoms with Crippen LogP contribution in [0.1, 0.15) is 38.4 Å². The first-order chi connectivity index (χ1) is 9.04. The number of nitrogen functional groups attached to an aromatic ring is 1. The first-order valence-electron chi connectivity index (χ1n) is 6.25. The van der Waals surface area contributed by atoms with Gasteiger partial charge in [-0.1, -0.05) is 54.7 Å². The van der Waals surface area contributed by atoms with Crippen LogP contribution in [0.4, 0.5) is 5.82 Å². The predicted octanol–water partition coefficient (Wildman–Crippen LogP) is 5.13. The minimum atomic E-state index is 0.263. The first-order valence-corrected chi connectivity index (χ1v) is 7.00. The van der Waals surface area contributed by atoms with Gasteiger partial charge in [-0.05, 0) is 24.1 Å². The molecule has 0 saturated heterocycles. The minimum Gasteiger partial charge on any atom is -0.380 e. The van der Waals surface area contributed by atoms with E-state index in [2.05, 4.69) is 19.0 Å². The lowest BCUT2D eigenvalue weighted by Crippen LogP contribution is -1.95. The van der Waals surface area contributed by atoms with Crippen molar-refractivity contribution in [3.63, 3.8) is 0 Å². The molecule has 19 heavy (non-hydrogen) atoms. The normalized spacial score (nSPS) is 12.6. The second kappa shape index (κ2) is 5.85. The first kappa shape index (κ1) is 14.2. The highest BCUT2D eigenvalue weighted by Gasteiger charge is 2.21. The Hall–Kier alpha value is -1.19.